The van der Waals surface area contributed by atoms with Crippen molar-refractivity contribution < 1.29 is 14.3 Å². The van der Waals surface area contributed by atoms with Crippen molar-refractivity contribution in [2.45, 2.75) is 19.4 Å². The van der Waals surface area contributed by atoms with Crippen LogP contribution in [0.15, 0.2) is 24.3 Å². The molecule has 0 saturated carbocycles. The van der Waals surface area contributed by atoms with Crippen LogP contribution in [-0.2, 0) is 4.79 Å². The predicted molar refractivity (Wildman–Crippen MR) is 81.8 cm³/mol. The van der Waals surface area contributed by atoms with Gasteiger partial charge in [-0.05, 0) is 37.7 Å². The van der Waals surface area contributed by atoms with Crippen molar-refractivity contribution in [2.75, 3.05) is 40.3 Å². The van der Waals surface area contributed by atoms with E-state index in [9.17, 15) is 4.79 Å². The smallest absolute Gasteiger partial charge is 0.263 e. The highest BCUT2D eigenvalue weighted by Crippen LogP contribution is 2.19. The van der Waals surface area contributed by atoms with Crippen molar-refractivity contribution in [2.24, 2.45) is 0 Å². The van der Waals surface area contributed by atoms with Gasteiger partial charge in [0.05, 0.1) is 7.11 Å². The van der Waals surface area contributed by atoms with E-state index >= 15 is 0 Å². The minimum atomic E-state index is -0.415. The van der Waals surface area contributed by atoms with E-state index in [4.69, 9.17) is 9.47 Å². The number of ether oxygens (including phenoxy) is 2. The van der Waals surface area contributed by atoms with Crippen molar-refractivity contribution in [3.05, 3.63) is 24.3 Å². The Morgan fingerprint density at radius 2 is 1.71 bits per heavy atom. The molecule has 0 aromatic heterocycles. The molecule has 1 unspecified atom stereocenters. The first kappa shape index (κ1) is 15.6. The fourth-order valence-corrected chi connectivity index (χ4v) is 2.36. The van der Waals surface area contributed by atoms with Crippen molar-refractivity contribution in [1.29, 1.82) is 0 Å². The van der Waals surface area contributed by atoms with Crippen molar-refractivity contribution >= 4 is 5.91 Å². The van der Waals surface area contributed by atoms with E-state index in [1.807, 2.05) is 36.1 Å². The highest BCUT2D eigenvalue weighted by atomic mass is 16.5. The topological polar surface area (TPSA) is 42.0 Å². The molecule has 116 valence electrons. The zero-order chi connectivity index (χ0) is 15.2. The quantitative estimate of drug-likeness (QED) is 0.827. The van der Waals surface area contributed by atoms with Gasteiger partial charge in [-0.3, -0.25) is 4.79 Å². The SMILES string of the molecule is CCC(Oc1ccc(OC)cc1)C(=O)N1CCN(C)CC1. The lowest BCUT2D eigenvalue weighted by Crippen LogP contribution is -2.51. The fraction of sp³-hybridized carbons (Fsp3) is 0.562. The average Bonchev–Trinajstić information content (AvgIpc) is 2.53. The molecule has 1 aliphatic rings. The van der Waals surface area contributed by atoms with E-state index in [1.54, 1.807) is 7.11 Å². The lowest BCUT2D eigenvalue weighted by atomic mass is 10.2. The van der Waals surface area contributed by atoms with Gasteiger partial charge in [-0.1, -0.05) is 6.92 Å². The van der Waals surface area contributed by atoms with Gasteiger partial charge in [0.25, 0.3) is 5.91 Å². The molecule has 1 aromatic rings. The Kier molecular flexibility index (Phi) is 5.44. The van der Waals surface area contributed by atoms with Gasteiger partial charge in [0.2, 0.25) is 0 Å². The molecule has 1 heterocycles. The van der Waals surface area contributed by atoms with Crippen molar-refractivity contribution in [1.82, 2.24) is 9.80 Å². The lowest BCUT2D eigenvalue weighted by molar-refractivity contribution is -0.140. The van der Waals surface area contributed by atoms with Crippen LogP contribution in [0.25, 0.3) is 0 Å². The molecular formula is C16H24N2O3. The second-order valence-corrected chi connectivity index (χ2v) is 5.32. The Morgan fingerprint density at radius 3 is 2.24 bits per heavy atom. The number of methoxy groups -OCH3 is 1. The summed E-state index contributed by atoms with van der Waals surface area (Å²) in [4.78, 5) is 16.7. The number of carbonyl (C=O) groups excluding carboxylic acids is 1. The third-order valence-electron chi connectivity index (χ3n) is 3.80. The summed E-state index contributed by atoms with van der Waals surface area (Å²) in [5.41, 5.74) is 0. The minimum Gasteiger partial charge on any atom is -0.497 e. The highest BCUT2D eigenvalue weighted by Gasteiger charge is 2.26. The molecule has 21 heavy (non-hydrogen) atoms. The van der Waals surface area contributed by atoms with E-state index in [2.05, 4.69) is 11.9 Å². The number of likely N-dealkylation sites (N-methyl/N-ethyl adjacent to an activating group) is 1. The van der Waals surface area contributed by atoms with E-state index < -0.39 is 6.10 Å². The largest absolute Gasteiger partial charge is 0.497 e. The van der Waals surface area contributed by atoms with Gasteiger partial charge in [-0.15, -0.1) is 0 Å². The molecule has 0 aliphatic carbocycles. The summed E-state index contributed by atoms with van der Waals surface area (Å²) in [5, 5.41) is 0. The molecule has 5 nitrogen and oxygen atoms in total. The third-order valence-corrected chi connectivity index (χ3v) is 3.80. The van der Waals surface area contributed by atoms with Crippen LogP contribution in [0.1, 0.15) is 13.3 Å². The number of piperazine rings is 1. The average molecular weight is 292 g/mol. The number of benzene rings is 1. The summed E-state index contributed by atoms with van der Waals surface area (Å²) in [5.74, 6) is 1.56. The summed E-state index contributed by atoms with van der Waals surface area (Å²) >= 11 is 0. The number of hydrogen-bond acceptors (Lipinski definition) is 4. The molecule has 0 bridgehead atoms. The zero-order valence-electron chi connectivity index (χ0n) is 13.0. The van der Waals surface area contributed by atoms with Gasteiger partial charge in [0, 0.05) is 26.2 Å². The lowest BCUT2D eigenvalue weighted by Gasteiger charge is -2.34. The predicted octanol–water partition coefficient (Wildman–Crippen LogP) is 1.63. The first-order valence-electron chi connectivity index (χ1n) is 7.42. The minimum absolute atomic E-state index is 0.0846. The molecule has 1 amide bonds. The molecule has 1 aliphatic heterocycles. The summed E-state index contributed by atoms with van der Waals surface area (Å²) in [7, 11) is 3.70. The van der Waals surface area contributed by atoms with Crippen LogP contribution >= 0.6 is 0 Å². The van der Waals surface area contributed by atoms with E-state index in [0.717, 1.165) is 31.9 Å². The highest BCUT2D eigenvalue weighted by molar-refractivity contribution is 5.81. The maximum absolute atomic E-state index is 12.5. The van der Waals surface area contributed by atoms with E-state index in [-0.39, 0.29) is 5.91 Å². The van der Waals surface area contributed by atoms with Crippen LogP contribution in [0.3, 0.4) is 0 Å². The summed E-state index contributed by atoms with van der Waals surface area (Å²) in [6.45, 7) is 5.37. The molecule has 0 radical (unpaired) electrons. The third kappa shape index (κ3) is 4.11. The second kappa shape index (κ2) is 7.31. The van der Waals surface area contributed by atoms with Gasteiger partial charge < -0.3 is 19.3 Å². The number of nitrogens with zero attached hydrogens (tertiary/aromatic N) is 2. The van der Waals surface area contributed by atoms with E-state index in [0.29, 0.717) is 12.2 Å². The summed E-state index contributed by atoms with van der Waals surface area (Å²) in [6, 6.07) is 7.34. The maximum Gasteiger partial charge on any atom is 0.263 e. The van der Waals surface area contributed by atoms with Gasteiger partial charge in [0.1, 0.15) is 11.5 Å². The van der Waals surface area contributed by atoms with Crippen LogP contribution in [-0.4, -0.2) is 62.1 Å². The zero-order valence-corrected chi connectivity index (χ0v) is 13.0. The fourth-order valence-electron chi connectivity index (χ4n) is 2.36. The molecule has 2 rings (SSSR count). The van der Waals surface area contributed by atoms with Crippen LogP contribution in [0.5, 0.6) is 11.5 Å². The molecular weight excluding hydrogens is 268 g/mol. The van der Waals surface area contributed by atoms with E-state index in [1.165, 1.54) is 0 Å². The van der Waals surface area contributed by atoms with Gasteiger partial charge >= 0.3 is 0 Å². The number of carbonyl (C=O) groups is 1. The number of rotatable bonds is 5. The molecule has 1 atom stereocenters. The monoisotopic (exact) mass is 292 g/mol. The first-order valence-corrected chi connectivity index (χ1v) is 7.42. The maximum atomic E-state index is 12.5. The van der Waals surface area contributed by atoms with Gasteiger partial charge in [-0.25, -0.2) is 0 Å². The van der Waals surface area contributed by atoms with Crippen molar-refractivity contribution in [3.63, 3.8) is 0 Å². The molecule has 5 heteroatoms. The molecule has 0 spiro atoms. The number of amides is 1. The Hall–Kier alpha value is -1.75. The molecule has 1 fully saturated rings. The number of hydrogen-bond donors (Lipinski definition) is 0. The Labute approximate surface area is 126 Å². The second-order valence-electron chi connectivity index (χ2n) is 5.32. The summed E-state index contributed by atoms with van der Waals surface area (Å²) < 4.78 is 11.0. The Morgan fingerprint density at radius 1 is 1.14 bits per heavy atom. The van der Waals surface area contributed by atoms with Crippen LogP contribution in [0, 0.1) is 0 Å². The first-order chi connectivity index (χ1) is 10.1. The Bertz CT molecular complexity index is 453. The van der Waals surface area contributed by atoms with Crippen molar-refractivity contribution in [3.8, 4) is 11.5 Å². The standard InChI is InChI=1S/C16H24N2O3/c1-4-15(16(19)18-11-9-17(2)10-12-18)21-14-7-5-13(20-3)6-8-14/h5-8,15H,4,9-12H2,1-3H3. The molecule has 0 N–H and O–H groups in total. The van der Waals surface area contributed by atoms with Crippen LogP contribution in [0.2, 0.25) is 0 Å². The molecule has 1 aromatic carbocycles. The summed E-state index contributed by atoms with van der Waals surface area (Å²) in [6.07, 6.45) is 0.249. The van der Waals surface area contributed by atoms with Crippen LogP contribution < -0.4 is 9.47 Å². The van der Waals surface area contributed by atoms with Crippen LogP contribution in [0.4, 0.5) is 0 Å². The normalized spacial score (nSPS) is 17.4. The van der Waals surface area contributed by atoms with Gasteiger partial charge in [0.15, 0.2) is 6.10 Å². The Balaban J connectivity index is 1.96. The molecule has 1 saturated heterocycles. The van der Waals surface area contributed by atoms with Gasteiger partial charge in [-0.2, -0.15) is 0 Å².